The summed E-state index contributed by atoms with van der Waals surface area (Å²) in [5.74, 6) is -0.404. The summed E-state index contributed by atoms with van der Waals surface area (Å²) in [6.07, 6.45) is 0. The van der Waals surface area contributed by atoms with E-state index >= 15 is 0 Å². The summed E-state index contributed by atoms with van der Waals surface area (Å²) in [6.45, 7) is 3.66. The monoisotopic (exact) mass is 237 g/mol. The molecule has 0 radical (unpaired) electrons. The highest BCUT2D eigenvalue weighted by molar-refractivity contribution is 6.00. The number of carbonyl (C=O) groups is 1. The van der Waals surface area contributed by atoms with E-state index in [9.17, 15) is 14.9 Å². The predicted octanol–water partition coefficient (Wildman–Crippen LogP) is 1.66. The molecule has 0 saturated heterocycles. The molecule has 6 heteroatoms. The number of hydrogen-bond donors (Lipinski definition) is 1. The number of benzene rings is 1. The lowest BCUT2D eigenvalue weighted by atomic mass is 10.1. The number of hydrogen-bond acceptors (Lipinski definition) is 4. The first-order chi connectivity index (χ1) is 7.86. The van der Waals surface area contributed by atoms with E-state index in [4.69, 9.17) is 5.73 Å². The van der Waals surface area contributed by atoms with Crippen molar-refractivity contribution < 1.29 is 9.72 Å². The summed E-state index contributed by atoms with van der Waals surface area (Å²) in [5, 5.41) is 10.9. The normalized spacial score (nSPS) is 10.4. The fourth-order valence-electron chi connectivity index (χ4n) is 1.36. The number of nitro groups is 1. The van der Waals surface area contributed by atoms with Crippen LogP contribution in [-0.4, -0.2) is 28.8 Å². The number of nitrogens with two attached hydrogens (primary N) is 1. The van der Waals surface area contributed by atoms with E-state index < -0.39 is 10.8 Å². The SMILES string of the molecule is CC(C)N(C)C(=O)c1cccc(N)c1[N+](=O)[O-]. The zero-order chi connectivity index (χ0) is 13.2. The van der Waals surface area contributed by atoms with E-state index in [0.29, 0.717) is 0 Å². The number of amides is 1. The van der Waals surface area contributed by atoms with E-state index in [1.807, 2.05) is 13.8 Å². The molecule has 0 unspecified atom stereocenters. The van der Waals surface area contributed by atoms with Crippen molar-refractivity contribution in [2.45, 2.75) is 19.9 Å². The first-order valence-electron chi connectivity index (χ1n) is 5.16. The third-order valence-corrected chi connectivity index (χ3v) is 2.58. The highest BCUT2D eigenvalue weighted by Gasteiger charge is 2.26. The Morgan fingerprint density at radius 2 is 2.06 bits per heavy atom. The molecule has 0 aliphatic heterocycles. The van der Waals surface area contributed by atoms with Crippen LogP contribution in [0.2, 0.25) is 0 Å². The molecule has 2 N–H and O–H groups in total. The molecular weight excluding hydrogens is 222 g/mol. The molecule has 0 aromatic heterocycles. The largest absolute Gasteiger partial charge is 0.393 e. The smallest absolute Gasteiger partial charge is 0.304 e. The van der Waals surface area contributed by atoms with Gasteiger partial charge in [-0.05, 0) is 26.0 Å². The van der Waals surface area contributed by atoms with Crippen molar-refractivity contribution >= 4 is 17.3 Å². The Hall–Kier alpha value is -2.11. The van der Waals surface area contributed by atoms with Crippen molar-refractivity contribution in [2.75, 3.05) is 12.8 Å². The summed E-state index contributed by atoms with van der Waals surface area (Å²) in [5.41, 5.74) is 5.21. The number of carbonyl (C=O) groups excluding carboxylic acids is 1. The van der Waals surface area contributed by atoms with E-state index in [-0.39, 0.29) is 23.0 Å². The Labute approximate surface area is 99.2 Å². The predicted molar refractivity (Wildman–Crippen MR) is 64.7 cm³/mol. The molecule has 0 fully saturated rings. The molecule has 92 valence electrons. The number of nitrogens with zero attached hydrogens (tertiary/aromatic N) is 2. The molecule has 0 heterocycles. The van der Waals surface area contributed by atoms with Crippen LogP contribution in [0.15, 0.2) is 18.2 Å². The molecule has 1 rings (SSSR count). The number of rotatable bonds is 3. The number of nitro benzene ring substituents is 1. The third-order valence-electron chi connectivity index (χ3n) is 2.58. The minimum Gasteiger partial charge on any atom is -0.393 e. The van der Waals surface area contributed by atoms with Crippen LogP contribution in [0.5, 0.6) is 0 Å². The van der Waals surface area contributed by atoms with Gasteiger partial charge in [0.2, 0.25) is 0 Å². The quantitative estimate of drug-likeness (QED) is 0.491. The molecule has 0 saturated carbocycles. The van der Waals surface area contributed by atoms with Crippen LogP contribution >= 0.6 is 0 Å². The van der Waals surface area contributed by atoms with Crippen LogP contribution in [0, 0.1) is 10.1 Å². The Morgan fingerprint density at radius 1 is 1.47 bits per heavy atom. The molecule has 0 bridgehead atoms. The van der Waals surface area contributed by atoms with Gasteiger partial charge in [-0.25, -0.2) is 0 Å². The Balaban J connectivity index is 3.27. The van der Waals surface area contributed by atoms with E-state index in [2.05, 4.69) is 0 Å². The van der Waals surface area contributed by atoms with Crippen LogP contribution in [-0.2, 0) is 0 Å². The van der Waals surface area contributed by atoms with Crippen molar-refractivity contribution in [3.63, 3.8) is 0 Å². The van der Waals surface area contributed by atoms with Gasteiger partial charge >= 0.3 is 5.69 Å². The van der Waals surface area contributed by atoms with Crippen LogP contribution in [0.4, 0.5) is 11.4 Å². The van der Waals surface area contributed by atoms with Gasteiger partial charge in [-0.3, -0.25) is 14.9 Å². The first-order valence-corrected chi connectivity index (χ1v) is 5.16. The molecule has 1 amide bonds. The molecule has 0 aliphatic carbocycles. The summed E-state index contributed by atoms with van der Waals surface area (Å²) < 4.78 is 0. The molecule has 1 aromatic carbocycles. The van der Waals surface area contributed by atoms with Crippen molar-refractivity contribution in [2.24, 2.45) is 0 Å². The van der Waals surface area contributed by atoms with Gasteiger partial charge in [-0.1, -0.05) is 6.07 Å². The van der Waals surface area contributed by atoms with E-state index in [1.165, 1.54) is 23.1 Å². The molecule has 17 heavy (non-hydrogen) atoms. The van der Waals surface area contributed by atoms with Crippen LogP contribution < -0.4 is 5.73 Å². The second-order valence-electron chi connectivity index (χ2n) is 4.01. The Morgan fingerprint density at radius 3 is 2.53 bits per heavy atom. The third kappa shape index (κ3) is 2.52. The van der Waals surface area contributed by atoms with Gasteiger partial charge in [-0.2, -0.15) is 0 Å². The van der Waals surface area contributed by atoms with Crippen LogP contribution in [0.1, 0.15) is 24.2 Å². The Bertz CT molecular complexity index is 457. The lowest BCUT2D eigenvalue weighted by molar-refractivity contribution is -0.384. The van der Waals surface area contributed by atoms with Crippen molar-refractivity contribution in [1.29, 1.82) is 0 Å². The maximum Gasteiger partial charge on any atom is 0.304 e. The van der Waals surface area contributed by atoms with Gasteiger partial charge in [0.1, 0.15) is 11.3 Å². The lowest BCUT2D eigenvalue weighted by Crippen LogP contribution is -2.33. The number of nitrogen functional groups attached to an aromatic ring is 1. The van der Waals surface area contributed by atoms with Gasteiger partial charge in [0.15, 0.2) is 0 Å². The molecule has 6 nitrogen and oxygen atoms in total. The van der Waals surface area contributed by atoms with Gasteiger partial charge in [0, 0.05) is 13.1 Å². The minimum absolute atomic E-state index is 0.00185. The fraction of sp³-hybridized carbons (Fsp3) is 0.364. The molecule has 0 aliphatic rings. The van der Waals surface area contributed by atoms with Crippen molar-refractivity contribution in [1.82, 2.24) is 4.90 Å². The fourth-order valence-corrected chi connectivity index (χ4v) is 1.36. The number of anilines is 1. The highest BCUT2D eigenvalue weighted by Crippen LogP contribution is 2.27. The van der Waals surface area contributed by atoms with Gasteiger partial charge in [0.25, 0.3) is 5.91 Å². The van der Waals surface area contributed by atoms with Gasteiger partial charge in [0.05, 0.1) is 4.92 Å². The van der Waals surface area contributed by atoms with Gasteiger partial charge < -0.3 is 10.6 Å². The highest BCUT2D eigenvalue weighted by atomic mass is 16.6. The van der Waals surface area contributed by atoms with Crippen LogP contribution in [0.3, 0.4) is 0 Å². The maximum absolute atomic E-state index is 12.0. The second kappa shape index (κ2) is 4.82. The van der Waals surface area contributed by atoms with Crippen LogP contribution in [0.25, 0.3) is 0 Å². The zero-order valence-corrected chi connectivity index (χ0v) is 10.0. The first kappa shape index (κ1) is 13.0. The van der Waals surface area contributed by atoms with Crippen molar-refractivity contribution in [3.8, 4) is 0 Å². The Kier molecular flexibility index (Phi) is 3.67. The molecule has 1 aromatic rings. The zero-order valence-electron chi connectivity index (χ0n) is 10.0. The van der Waals surface area contributed by atoms with Crippen molar-refractivity contribution in [3.05, 3.63) is 33.9 Å². The maximum atomic E-state index is 12.0. The molecular formula is C11H15N3O3. The standard InChI is InChI=1S/C11H15N3O3/c1-7(2)13(3)11(15)8-5-4-6-9(12)10(8)14(16)17/h4-7H,12H2,1-3H3. The lowest BCUT2D eigenvalue weighted by Gasteiger charge is -2.21. The topological polar surface area (TPSA) is 89.5 Å². The van der Waals surface area contributed by atoms with E-state index in [1.54, 1.807) is 7.05 Å². The second-order valence-corrected chi connectivity index (χ2v) is 4.01. The summed E-state index contributed by atoms with van der Waals surface area (Å²) in [7, 11) is 1.60. The summed E-state index contributed by atoms with van der Waals surface area (Å²) in [6, 6.07) is 4.31. The molecule has 0 spiro atoms. The average Bonchev–Trinajstić information content (AvgIpc) is 2.25. The number of para-hydroxylation sites is 1. The average molecular weight is 237 g/mol. The van der Waals surface area contributed by atoms with Gasteiger partial charge in [-0.15, -0.1) is 0 Å². The van der Waals surface area contributed by atoms with E-state index in [0.717, 1.165) is 0 Å². The summed E-state index contributed by atoms with van der Waals surface area (Å²) in [4.78, 5) is 23.7. The summed E-state index contributed by atoms with van der Waals surface area (Å²) >= 11 is 0. The minimum atomic E-state index is -0.628. The molecule has 0 atom stereocenters.